The van der Waals surface area contributed by atoms with Crippen molar-refractivity contribution in [2.24, 2.45) is 0 Å². The van der Waals surface area contributed by atoms with Gasteiger partial charge in [-0.3, -0.25) is 0 Å². The molecule has 0 aliphatic rings. The number of rotatable bonds is 4. The lowest BCUT2D eigenvalue weighted by Gasteiger charge is -2.13. The maximum Gasteiger partial charge on any atom is 0.212 e. The predicted molar refractivity (Wildman–Crippen MR) is 70.6 cm³/mol. The molecular formula is C15H16FNO2. The van der Waals surface area contributed by atoms with Gasteiger partial charge in [-0.2, -0.15) is 0 Å². The number of pyridine rings is 1. The molecule has 1 atom stereocenters. The maximum atomic E-state index is 13.6. The van der Waals surface area contributed by atoms with E-state index in [1.807, 2.05) is 13.0 Å². The number of halogens is 1. The van der Waals surface area contributed by atoms with Crippen LogP contribution in [0.15, 0.2) is 36.5 Å². The zero-order valence-corrected chi connectivity index (χ0v) is 10.9. The van der Waals surface area contributed by atoms with Crippen LogP contribution in [0.4, 0.5) is 4.39 Å². The monoisotopic (exact) mass is 261 g/mol. The fourth-order valence-corrected chi connectivity index (χ4v) is 1.90. The zero-order valence-electron chi connectivity index (χ0n) is 10.9. The van der Waals surface area contributed by atoms with Crippen molar-refractivity contribution in [2.75, 3.05) is 7.11 Å². The van der Waals surface area contributed by atoms with Gasteiger partial charge in [-0.1, -0.05) is 23.8 Å². The van der Waals surface area contributed by atoms with E-state index in [1.54, 1.807) is 31.5 Å². The Labute approximate surface area is 111 Å². The SMILES string of the molecule is COc1ccc(CC(O)c2cc(C)ccc2F)cn1. The van der Waals surface area contributed by atoms with Gasteiger partial charge in [0, 0.05) is 24.2 Å². The molecule has 2 aromatic rings. The number of methoxy groups -OCH3 is 1. The summed E-state index contributed by atoms with van der Waals surface area (Å²) in [6.45, 7) is 1.87. The molecule has 0 amide bonds. The molecule has 0 aliphatic heterocycles. The fourth-order valence-electron chi connectivity index (χ4n) is 1.90. The number of aryl methyl sites for hydroxylation is 1. The molecule has 1 N–H and O–H groups in total. The predicted octanol–water partition coefficient (Wildman–Crippen LogP) is 2.81. The molecule has 4 heteroatoms. The molecule has 0 saturated carbocycles. The lowest BCUT2D eigenvalue weighted by Crippen LogP contribution is -2.05. The largest absolute Gasteiger partial charge is 0.481 e. The van der Waals surface area contributed by atoms with Crippen molar-refractivity contribution < 1.29 is 14.2 Å². The Bertz CT molecular complexity index is 555. The molecule has 100 valence electrons. The molecular weight excluding hydrogens is 245 g/mol. The molecule has 19 heavy (non-hydrogen) atoms. The lowest BCUT2D eigenvalue weighted by molar-refractivity contribution is 0.173. The topological polar surface area (TPSA) is 42.4 Å². The van der Waals surface area contributed by atoms with Gasteiger partial charge in [0.2, 0.25) is 5.88 Å². The molecule has 1 heterocycles. The molecule has 0 saturated heterocycles. The zero-order chi connectivity index (χ0) is 13.8. The first kappa shape index (κ1) is 13.5. The minimum Gasteiger partial charge on any atom is -0.481 e. The van der Waals surface area contributed by atoms with E-state index in [0.29, 0.717) is 17.9 Å². The van der Waals surface area contributed by atoms with E-state index >= 15 is 0 Å². The number of aromatic nitrogens is 1. The van der Waals surface area contributed by atoms with Crippen LogP contribution >= 0.6 is 0 Å². The first-order valence-electron chi connectivity index (χ1n) is 6.03. The number of aliphatic hydroxyl groups excluding tert-OH is 1. The molecule has 0 bridgehead atoms. The van der Waals surface area contributed by atoms with Gasteiger partial charge < -0.3 is 9.84 Å². The minimum atomic E-state index is -0.880. The van der Waals surface area contributed by atoms with Gasteiger partial charge in [0.25, 0.3) is 0 Å². The molecule has 1 aromatic heterocycles. The molecule has 1 aromatic carbocycles. The average Bonchev–Trinajstić information content (AvgIpc) is 2.42. The van der Waals surface area contributed by atoms with Crippen molar-refractivity contribution in [3.8, 4) is 5.88 Å². The van der Waals surface area contributed by atoms with Crippen LogP contribution < -0.4 is 4.74 Å². The van der Waals surface area contributed by atoms with Gasteiger partial charge in [-0.05, 0) is 18.6 Å². The molecule has 2 rings (SSSR count). The van der Waals surface area contributed by atoms with Crippen LogP contribution in [0.25, 0.3) is 0 Å². The van der Waals surface area contributed by atoms with Gasteiger partial charge in [-0.25, -0.2) is 9.37 Å². The Balaban J connectivity index is 2.15. The molecule has 0 fully saturated rings. The van der Waals surface area contributed by atoms with Crippen LogP contribution in [0.3, 0.4) is 0 Å². The van der Waals surface area contributed by atoms with E-state index in [1.165, 1.54) is 6.07 Å². The van der Waals surface area contributed by atoms with Gasteiger partial charge in [0.15, 0.2) is 0 Å². The highest BCUT2D eigenvalue weighted by Crippen LogP contribution is 2.22. The summed E-state index contributed by atoms with van der Waals surface area (Å²) >= 11 is 0. The summed E-state index contributed by atoms with van der Waals surface area (Å²) in [4.78, 5) is 4.06. The number of hydrogen-bond donors (Lipinski definition) is 1. The number of aliphatic hydroxyl groups is 1. The first-order chi connectivity index (χ1) is 9.10. The normalized spacial score (nSPS) is 12.2. The lowest BCUT2D eigenvalue weighted by atomic mass is 10.0. The standard InChI is InChI=1S/C15H16FNO2/c1-10-3-5-13(16)12(7-10)14(18)8-11-4-6-15(19-2)17-9-11/h3-7,9,14,18H,8H2,1-2H3. The van der Waals surface area contributed by atoms with Crippen LogP contribution in [0.5, 0.6) is 5.88 Å². The summed E-state index contributed by atoms with van der Waals surface area (Å²) in [6.07, 6.45) is 1.06. The quantitative estimate of drug-likeness (QED) is 0.920. The van der Waals surface area contributed by atoms with Crippen LogP contribution in [0.2, 0.25) is 0 Å². The number of hydrogen-bond acceptors (Lipinski definition) is 3. The highest BCUT2D eigenvalue weighted by Gasteiger charge is 2.14. The Morgan fingerprint density at radius 3 is 2.74 bits per heavy atom. The maximum absolute atomic E-state index is 13.6. The molecule has 0 spiro atoms. The summed E-state index contributed by atoms with van der Waals surface area (Å²) in [6, 6.07) is 8.25. The second kappa shape index (κ2) is 5.80. The Morgan fingerprint density at radius 1 is 1.32 bits per heavy atom. The van der Waals surface area contributed by atoms with E-state index < -0.39 is 6.10 Å². The Kier molecular flexibility index (Phi) is 4.12. The van der Waals surface area contributed by atoms with E-state index in [9.17, 15) is 9.50 Å². The van der Waals surface area contributed by atoms with Crippen molar-refractivity contribution in [3.63, 3.8) is 0 Å². The molecule has 0 radical (unpaired) electrons. The van der Waals surface area contributed by atoms with Crippen molar-refractivity contribution >= 4 is 0 Å². The van der Waals surface area contributed by atoms with E-state index in [2.05, 4.69) is 4.98 Å². The summed E-state index contributed by atoms with van der Waals surface area (Å²) in [5.74, 6) is 0.125. The molecule has 1 unspecified atom stereocenters. The van der Waals surface area contributed by atoms with Gasteiger partial charge >= 0.3 is 0 Å². The molecule has 3 nitrogen and oxygen atoms in total. The third kappa shape index (κ3) is 3.29. The third-order valence-electron chi connectivity index (χ3n) is 2.95. The van der Waals surface area contributed by atoms with Gasteiger partial charge in [-0.15, -0.1) is 0 Å². The van der Waals surface area contributed by atoms with E-state index in [-0.39, 0.29) is 5.82 Å². The van der Waals surface area contributed by atoms with Gasteiger partial charge in [0.05, 0.1) is 13.2 Å². The first-order valence-corrected chi connectivity index (χ1v) is 6.03. The molecule has 0 aliphatic carbocycles. The third-order valence-corrected chi connectivity index (χ3v) is 2.95. The highest BCUT2D eigenvalue weighted by atomic mass is 19.1. The van der Waals surface area contributed by atoms with Crippen LogP contribution in [-0.4, -0.2) is 17.2 Å². The van der Waals surface area contributed by atoms with Crippen molar-refractivity contribution in [3.05, 3.63) is 59.0 Å². The van der Waals surface area contributed by atoms with Crippen molar-refractivity contribution in [1.82, 2.24) is 4.98 Å². The summed E-state index contributed by atoms with van der Waals surface area (Å²) in [7, 11) is 1.54. The summed E-state index contributed by atoms with van der Waals surface area (Å²) in [5, 5.41) is 10.1. The highest BCUT2D eigenvalue weighted by molar-refractivity contribution is 5.28. The minimum absolute atomic E-state index is 0.316. The van der Waals surface area contributed by atoms with Gasteiger partial charge in [0.1, 0.15) is 5.82 Å². The average molecular weight is 261 g/mol. The summed E-state index contributed by atoms with van der Waals surface area (Å²) in [5.41, 5.74) is 2.06. The Morgan fingerprint density at radius 2 is 2.11 bits per heavy atom. The Hall–Kier alpha value is -1.94. The summed E-state index contributed by atoms with van der Waals surface area (Å²) < 4.78 is 18.6. The smallest absolute Gasteiger partial charge is 0.212 e. The van der Waals surface area contributed by atoms with Crippen molar-refractivity contribution in [1.29, 1.82) is 0 Å². The fraction of sp³-hybridized carbons (Fsp3) is 0.267. The van der Waals surface area contributed by atoms with Crippen LogP contribution in [0.1, 0.15) is 22.8 Å². The van der Waals surface area contributed by atoms with Crippen molar-refractivity contribution in [2.45, 2.75) is 19.4 Å². The number of nitrogens with zero attached hydrogens (tertiary/aromatic N) is 1. The number of ether oxygens (including phenoxy) is 1. The van der Waals surface area contributed by atoms with E-state index in [4.69, 9.17) is 4.74 Å². The van der Waals surface area contributed by atoms with Crippen LogP contribution in [-0.2, 0) is 6.42 Å². The van der Waals surface area contributed by atoms with E-state index in [0.717, 1.165) is 11.1 Å². The number of benzene rings is 1. The second-order valence-corrected chi connectivity index (χ2v) is 4.45. The second-order valence-electron chi connectivity index (χ2n) is 4.45. The van der Waals surface area contributed by atoms with Crippen LogP contribution in [0, 0.1) is 12.7 Å².